The Labute approximate surface area is 360 Å². The van der Waals surface area contributed by atoms with Crippen LogP contribution in [0.25, 0.3) is 105 Å². The molecule has 0 aliphatic heterocycles. The van der Waals surface area contributed by atoms with Gasteiger partial charge in [0.25, 0.3) is 0 Å². The highest BCUT2D eigenvalue weighted by Gasteiger charge is 2.20. The number of aromatic nitrogens is 3. The molecule has 3 aromatic heterocycles. The molecule has 0 saturated carbocycles. The summed E-state index contributed by atoms with van der Waals surface area (Å²) in [4.78, 5) is 0. The summed E-state index contributed by atoms with van der Waals surface area (Å²) >= 11 is 0. The molecule has 0 N–H and O–H groups in total. The molecule has 3 nitrogen and oxygen atoms in total. The molecule has 3 heterocycles. The number of nitrogens with zero attached hydrogens (tertiary/aromatic N) is 3. The fourth-order valence-electron chi connectivity index (χ4n) is 7.73. The summed E-state index contributed by atoms with van der Waals surface area (Å²) in [6, 6.07) is 6.51. The van der Waals surface area contributed by atoms with Crippen molar-refractivity contribution in [2.45, 2.75) is 0 Å². The van der Waals surface area contributed by atoms with Gasteiger partial charge in [0.15, 0.2) is 0 Å². The summed E-state index contributed by atoms with van der Waals surface area (Å²) in [5.41, 5.74) is -1.75. The van der Waals surface area contributed by atoms with Crippen molar-refractivity contribution >= 4 is 65.4 Å². The lowest BCUT2D eigenvalue weighted by Crippen LogP contribution is -1.96. The Hall–Kier alpha value is -7.62. The highest BCUT2D eigenvalue weighted by Crippen LogP contribution is 2.42. The molecule has 0 fully saturated rings. The van der Waals surface area contributed by atoms with Gasteiger partial charge in [0.1, 0.15) is 0 Å². The lowest BCUT2D eigenvalue weighted by Gasteiger charge is -2.12. The third-order valence-corrected chi connectivity index (χ3v) is 10.2. The molecule has 0 aliphatic carbocycles. The Morgan fingerprint density at radius 3 is 1.54 bits per heavy atom. The number of para-hydroxylation sites is 4. The molecule has 3 heteroatoms. The number of rotatable bonds is 5. The second-order valence-corrected chi connectivity index (χ2v) is 13.2. The van der Waals surface area contributed by atoms with Crippen molar-refractivity contribution in [1.82, 2.24) is 13.7 Å². The van der Waals surface area contributed by atoms with E-state index in [0.717, 1.165) is 4.57 Å². The molecular weight excluding hydrogens is 691 g/mol. The Bertz CT molecular complexity index is 4790. The van der Waals surface area contributed by atoms with E-state index in [2.05, 4.69) is 0 Å². The molecule has 9 aromatic carbocycles. The summed E-state index contributed by atoms with van der Waals surface area (Å²) < 4.78 is 208. The predicted molar refractivity (Wildman–Crippen MR) is 240 cm³/mol. The van der Waals surface area contributed by atoms with Crippen LogP contribution in [0.15, 0.2) is 212 Å². The van der Waals surface area contributed by atoms with Crippen LogP contribution in [-0.2, 0) is 0 Å². The summed E-state index contributed by atoms with van der Waals surface area (Å²) in [6.45, 7) is 0. The third-order valence-electron chi connectivity index (χ3n) is 10.2. The zero-order chi connectivity index (χ0) is 56.6. The molecule has 266 valence electrons. The third kappa shape index (κ3) is 4.79. The van der Waals surface area contributed by atoms with Crippen LogP contribution in [0.5, 0.6) is 0 Å². The molecule has 12 aromatic rings. The smallest absolute Gasteiger partial charge is 0.0645 e. The quantitative estimate of drug-likeness (QED) is 0.167. The van der Waals surface area contributed by atoms with Gasteiger partial charge >= 0.3 is 0 Å². The lowest BCUT2D eigenvalue weighted by atomic mass is 10.0. The van der Waals surface area contributed by atoms with Crippen LogP contribution < -0.4 is 0 Å². The fraction of sp³-hybridized carbons (Fsp3) is 0. The second-order valence-electron chi connectivity index (χ2n) is 13.2. The van der Waals surface area contributed by atoms with Crippen molar-refractivity contribution in [1.29, 1.82) is 0 Å². The molecule has 0 amide bonds. The maximum absolute atomic E-state index is 10.1. The summed E-state index contributed by atoms with van der Waals surface area (Å²) in [7, 11) is 0. The highest BCUT2D eigenvalue weighted by atomic mass is 15.0. The summed E-state index contributed by atoms with van der Waals surface area (Å²) in [6.07, 6.45) is 0. The molecular formula is C54H35N3. The molecule has 0 aliphatic rings. The number of hydrogen-bond acceptors (Lipinski definition) is 0. The van der Waals surface area contributed by atoms with Crippen molar-refractivity contribution in [3.63, 3.8) is 0 Å². The molecule has 0 spiro atoms. The minimum atomic E-state index is -0.894. The van der Waals surface area contributed by atoms with Gasteiger partial charge in [-0.2, -0.15) is 0 Å². The first-order valence-electron chi connectivity index (χ1n) is 28.8. The zero-order valence-electron chi connectivity index (χ0n) is 51.3. The molecule has 0 bridgehead atoms. The van der Waals surface area contributed by atoms with Crippen LogP contribution >= 0.6 is 0 Å². The van der Waals surface area contributed by atoms with E-state index >= 15 is 0 Å². The van der Waals surface area contributed by atoms with E-state index in [9.17, 15) is 20.6 Å². The van der Waals surface area contributed by atoms with Gasteiger partial charge in [0.2, 0.25) is 0 Å². The maximum atomic E-state index is 10.1. The van der Waals surface area contributed by atoms with E-state index in [1.807, 2.05) is 0 Å². The average molecular weight is 748 g/mol. The van der Waals surface area contributed by atoms with Crippen molar-refractivity contribution in [2.75, 3.05) is 0 Å². The van der Waals surface area contributed by atoms with Crippen LogP contribution in [0.1, 0.15) is 30.2 Å². The zero-order valence-corrected chi connectivity index (χ0v) is 29.3. The number of fused-ring (bicyclic) bond motifs is 9. The Morgan fingerprint density at radius 1 is 0.316 bits per heavy atom. The van der Waals surface area contributed by atoms with Crippen LogP contribution in [0.4, 0.5) is 0 Å². The van der Waals surface area contributed by atoms with Gasteiger partial charge in [-0.15, -0.1) is 0 Å². The molecule has 12 rings (SSSR count). The predicted octanol–water partition coefficient (Wildman–Crippen LogP) is 14.3. The summed E-state index contributed by atoms with van der Waals surface area (Å²) in [5, 5.41) is -2.01. The Kier molecular flexibility index (Phi) is 3.72. The topological polar surface area (TPSA) is 14.8 Å². The van der Waals surface area contributed by atoms with Gasteiger partial charge in [-0.05, 0) is 101 Å². The van der Waals surface area contributed by atoms with Crippen molar-refractivity contribution in [3.05, 3.63) is 212 Å². The number of hydrogen-bond donors (Lipinski definition) is 0. The van der Waals surface area contributed by atoms with E-state index in [-0.39, 0.29) is 61.0 Å². The van der Waals surface area contributed by atoms with Gasteiger partial charge in [-0.3, -0.25) is 0 Å². The Balaban J connectivity index is 1.26. The minimum Gasteiger partial charge on any atom is -0.309 e. The standard InChI is InChI=1S/C54H35N3/c1-3-15-36(16-4-1)37-17-13-20-41(33-37)56-47-24-10-7-21-42(47)45-34-38(29-31-50(45)56)39-30-32-51-46(35-39)43-22-8-11-25-48(43)57(51)53-28-14-27-52-54(53)44-23-9-12-26-49(44)55(52)40-18-5-2-6-19-40/h1-35H/i1D,7D,8D,9D,10D,11D,12D,14D,21D,22D,23D,24D,25D,26D,27D,28D,29D,30D,31D,32D,34D,35D. The van der Waals surface area contributed by atoms with Crippen LogP contribution in [0, 0.1) is 0 Å². The normalized spacial score (nSPS) is 17.3. The summed E-state index contributed by atoms with van der Waals surface area (Å²) in [5.74, 6) is 0. The van der Waals surface area contributed by atoms with Crippen molar-refractivity contribution in [3.8, 4) is 39.3 Å². The first kappa shape index (κ1) is 17.0. The fourth-order valence-corrected chi connectivity index (χ4v) is 7.73. The first-order valence-corrected chi connectivity index (χ1v) is 17.8. The van der Waals surface area contributed by atoms with Gasteiger partial charge in [-0.1, -0.05) is 133 Å². The first-order chi connectivity index (χ1) is 37.5. The van der Waals surface area contributed by atoms with Gasteiger partial charge in [0.05, 0.1) is 68.9 Å². The number of benzene rings is 9. The van der Waals surface area contributed by atoms with Crippen molar-refractivity contribution in [2.24, 2.45) is 0 Å². The van der Waals surface area contributed by atoms with Crippen LogP contribution in [0.3, 0.4) is 0 Å². The Morgan fingerprint density at radius 2 is 0.842 bits per heavy atom. The van der Waals surface area contributed by atoms with E-state index in [4.69, 9.17) is 9.60 Å². The van der Waals surface area contributed by atoms with Gasteiger partial charge in [-0.25, -0.2) is 0 Å². The maximum Gasteiger partial charge on any atom is 0.0645 e. The SMILES string of the molecule is [2H]c1ccc(-c2cccc(-n3c4c([2H])c([2H])c([2H])c([2H])c4c4c([2H])c(-c5c([2H])c([2H])c6c(c5[2H])c5c([2H])c([2H])c([2H])c([2H])c5n6-c5c([2H])c([2H])c([2H])c6c5c5c([2H])c([2H])c([2H])c([2H])c5n6-c5ccccc5)c([2H])c([2H])c43)c2)cc1. The van der Waals surface area contributed by atoms with E-state index in [0.29, 0.717) is 11.1 Å². The van der Waals surface area contributed by atoms with Crippen LogP contribution in [-0.4, -0.2) is 13.7 Å². The lowest BCUT2D eigenvalue weighted by molar-refractivity contribution is 1.17. The van der Waals surface area contributed by atoms with Gasteiger partial charge in [0, 0.05) is 43.7 Å². The average Bonchev–Trinajstić information content (AvgIpc) is 2.58. The van der Waals surface area contributed by atoms with E-state index in [1.165, 1.54) is 9.13 Å². The largest absolute Gasteiger partial charge is 0.309 e. The van der Waals surface area contributed by atoms with Crippen molar-refractivity contribution < 1.29 is 30.2 Å². The monoisotopic (exact) mass is 747 g/mol. The van der Waals surface area contributed by atoms with E-state index < -0.39 is 166 Å². The molecule has 0 saturated heterocycles. The van der Waals surface area contributed by atoms with E-state index in [1.54, 1.807) is 78.9 Å². The van der Waals surface area contributed by atoms with Crippen LogP contribution in [0.2, 0.25) is 0 Å². The van der Waals surface area contributed by atoms with Gasteiger partial charge < -0.3 is 13.7 Å². The molecule has 0 unspecified atom stereocenters. The highest BCUT2D eigenvalue weighted by molar-refractivity contribution is 6.17. The second kappa shape index (κ2) is 12.5. The minimum absolute atomic E-state index is 0.172. The molecule has 57 heavy (non-hydrogen) atoms. The molecule has 0 atom stereocenters. The molecule has 0 radical (unpaired) electrons.